The van der Waals surface area contributed by atoms with Gasteiger partial charge < -0.3 is 15.5 Å². The van der Waals surface area contributed by atoms with Gasteiger partial charge in [0.2, 0.25) is 5.91 Å². The van der Waals surface area contributed by atoms with Gasteiger partial charge in [-0.15, -0.1) is 0 Å². The maximum atomic E-state index is 13.9. The van der Waals surface area contributed by atoms with E-state index in [0.717, 1.165) is 12.1 Å². The second kappa shape index (κ2) is 8.81. The molecule has 0 aromatic heterocycles. The third-order valence-corrected chi connectivity index (χ3v) is 4.97. The summed E-state index contributed by atoms with van der Waals surface area (Å²) in [4.78, 5) is 38.5. The van der Waals surface area contributed by atoms with Crippen LogP contribution in [0.5, 0.6) is 0 Å². The molecule has 0 spiro atoms. The summed E-state index contributed by atoms with van der Waals surface area (Å²) in [7, 11) is 1.51. The monoisotopic (exact) mass is 401 g/mol. The van der Waals surface area contributed by atoms with Crippen molar-refractivity contribution in [3.05, 3.63) is 65.2 Å². The number of hydrogen-bond donors (Lipinski definition) is 2. The third-order valence-electron chi connectivity index (χ3n) is 4.97. The number of nitrogens with one attached hydrogen (secondary N) is 2. The summed E-state index contributed by atoms with van der Waals surface area (Å²) in [6.07, 6.45) is 0.811. The highest BCUT2D eigenvalue weighted by Gasteiger charge is 2.29. The molecule has 152 valence electrons. The molecule has 0 unspecified atom stereocenters. The summed E-state index contributed by atoms with van der Waals surface area (Å²) in [5.74, 6) is -3.04. The molecular weight excluding hydrogens is 380 g/mol. The van der Waals surface area contributed by atoms with E-state index in [0.29, 0.717) is 30.2 Å². The minimum atomic E-state index is -0.902. The average Bonchev–Trinajstić information content (AvgIpc) is 2.73. The number of rotatable bonds is 4. The number of hydrogen-bond acceptors (Lipinski definition) is 3. The lowest BCUT2D eigenvalue weighted by Crippen LogP contribution is -2.41. The molecule has 3 amide bonds. The van der Waals surface area contributed by atoms with Crippen molar-refractivity contribution < 1.29 is 23.2 Å². The predicted molar refractivity (Wildman–Crippen MR) is 103 cm³/mol. The Morgan fingerprint density at radius 2 is 1.69 bits per heavy atom. The van der Waals surface area contributed by atoms with Crippen LogP contribution in [0, 0.1) is 17.6 Å². The molecule has 2 N–H and O–H groups in total. The quantitative estimate of drug-likeness (QED) is 0.827. The Kier molecular flexibility index (Phi) is 6.21. The fraction of sp³-hybridized carbons (Fsp3) is 0.286. The Morgan fingerprint density at radius 1 is 1.00 bits per heavy atom. The normalized spacial score (nSPS) is 14.4. The summed E-state index contributed by atoms with van der Waals surface area (Å²) in [5, 5.41) is 5.31. The fourth-order valence-electron chi connectivity index (χ4n) is 3.34. The average molecular weight is 401 g/mol. The van der Waals surface area contributed by atoms with E-state index in [-0.39, 0.29) is 36.4 Å². The molecule has 1 heterocycles. The lowest BCUT2D eigenvalue weighted by molar-refractivity contribution is -0.121. The number of amides is 3. The number of carbonyl (C=O) groups is 3. The van der Waals surface area contributed by atoms with Crippen molar-refractivity contribution in [2.75, 3.05) is 25.5 Å². The molecule has 0 radical (unpaired) electrons. The van der Waals surface area contributed by atoms with Crippen molar-refractivity contribution in [1.29, 1.82) is 0 Å². The molecular formula is C21H21F2N3O3. The molecule has 0 aliphatic carbocycles. The number of benzene rings is 2. The van der Waals surface area contributed by atoms with Gasteiger partial charge in [-0.3, -0.25) is 14.4 Å². The first-order chi connectivity index (χ1) is 13.9. The topological polar surface area (TPSA) is 78.5 Å². The van der Waals surface area contributed by atoms with Gasteiger partial charge in [-0.05, 0) is 37.1 Å². The Morgan fingerprint density at radius 3 is 2.34 bits per heavy atom. The van der Waals surface area contributed by atoms with Gasteiger partial charge in [-0.25, -0.2) is 8.78 Å². The van der Waals surface area contributed by atoms with Crippen LogP contribution in [0.4, 0.5) is 14.5 Å². The van der Waals surface area contributed by atoms with E-state index in [2.05, 4.69) is 10.6 Å². The Hall–Kier alpha value is -3.29. The zero-order valence-corrected chi connectivity index (χ0v) is 15.9. The zero-order valence-electron chi connectivity index (χ0n) is 15.9. The van der Waals surface area contributed by atoms with E-state index in [1.165, 1.54) is 11.9 Å². The smallest absolute Gasteiger partial charge is 0.256 e. The third kappa shape index (κ3) is 4.59. The van der Waals surface area contributed by atoms with Crippen LogP contribution in [0.3, 0.4) is 0 Å². The van der Waals surface area contributed by atoms with E-state index >= 15 is 0 Å². The second-order valence-corrected chi connectivity index (χ2v) is 6.80. The van der Waals surface area contributed by atoms with Gasteiger partial charge in [0.1, 0.15) is 11.6 Å². The Balaban J connectivity index is 1.62. The molecule has 0 saturated carbocycles. The lowest BCUT2D eigenvalue weighted by Gasteiger charge is -2.31. The fourth-order valence-corrected chi connectivity index (χ4v) is 3.34. The van der Waals surface area contributed by atoms with Gasteiger partial charge in [0.15, 0.2) is 0 Å². The number of nitrogens with zero attached hydrogens (tertiary/aromatic N) is 1. The molecule has 1 saturated heterocycles. The summed E-state index contributed by atoms with van der Waals surface area (Å²) in [6, 6.07) is 9.55. The summed E-state index contributed by atoms with van der Waals surface area (Å²) >= 11 is 0. The molecule has 29 heavy (non-hydrogen) atoms. The molecule has 1 fully saturated rings. The van der Waals surface area contributed by atoms with E-state index in [1.54, 1.807) is 24.3 Å². The standard InChI is InChI=1S/C21H21F2N3O3/c1-24-20(28)16-4-2-3-5-18(16)25-19(27)13-8-10-26(11-9-13)21(29)15-7-6-14(22)12-17(15)23/h2-7,12-13H,8-11H2,1H3,(H,24,28)(H,25,27). The van der Waals surface area contributed by atoms with Crippen LogP contribution in [0.25, 0.3) is 0 Å². The molecule has 1 aliphatic rings. The predicted octanol–water partition coefficient (Wildman–Crippen LogP) is 2.82. The van der Waals surface area contributed by atoms with Crippen molar-refractivity contribution >= 4 is 23.4 Å². The van der Waals surface area contributed by atoms with Crippen LogP contribution in [-0.2, 0) is 4.79 Å². The van der Waals surface area contributed by atoms with Crippen molar-refractivity contribution in [2.45, 2.75) is 12.8 Å². The lowest BCUT2D eigenvalue weighted by atomic mass is 9.95. The van der Waals surface area contributed by atoms with Crippen LogP contribution in [-0.4, -0.2) is 42.8 Å². The molecule has 1 aliphatic heterocycles. The first-order valence-electron chi connectivity index (χ1n) is 9.27. The Labute approximate surface area is 166 Å². The highest BCUT2D eigenvalue weighted by atomic mass is 19.1. The van der Waals surface area contributed by atoms with Crippen LogP contribution in [0.1, 0.15) is 33.6 Å². The van der Waals surface area contributed by atoms with Crippen LogP contribution < -0.4 is 10.6 Å². The molecule has 8 heteroatoms. The van der Waals surface area contributed by atoms with Gasteiger partial charge in [0.25, 0.3) is 11.8 Å². The zero-order chi connectivity index (χ0) is 21.0. The minimum Gasteiger partial charge on any atom is -0.355 e. The number of piperidine rings is 1. The molecule has 2 aromatic rings. The Bertz CT molecular complexity index is 941. The number of anilines is 1. The van der Waals surface area contributed by atoms with E-state index in [1.807, 2.05) is 0 Å². The molecule has 6 nitrogen and oxygen atoms in total. The number of likely N-dealkylation sites (tertiary alicyclic amines) is 1. The van der Waals surface area contributed by atoms with Crippen molar-refractivity contribution in [1.82, 2.24) is 10.2 Å². The second-order valence-electron chi connectivity index (χ2n) is 6.80. The van der Waals surface area contributed by atoms with E-state index < -0.39 is 17.5 Å². The van der Waals surface area contributed by atoms with Gasteiger partial charge in [0.05, 0.1) is 16.8 Å². The van der Waals surface area contributed by atoms with Crippen molar-refractivity contribution in [3.63, 3.8) is 0 Å². The van der Waals surface area contributed by atoms with Crippen molar-refractivity contribution in [2.24, 2.45) is 5.92 Å². The highest BCUT2D eigenvalue weighted by molar-refractivity contribution is 6.04. The van der Waals surface area contributed by atoms with Crippen molar-refractivity contribution in [3.8, 4) is 0 Å². The maximum Gasteiger partial charge on any atom is 0.256 e. The largest absolute Gasteiger partial charge is 0.355 e. The van der Waals surface area contributed by atoms with E-state index in [4.69, 9.17) is 0 Å². The SMILES string of the molecule is CNC(=O)c1ccccc1NC(=O)C1CCN(C(=O)c2ccc(F)cc2F)CC1. The van der Waals surface area contributed by atoms with Crippen LogP contribution in [0.2, 0.25) is 0 Å². The summed E-state index contributed by atoms with van der Waals surface area (Å²) < 4.78 is 26.9. The summed E-state index contributed by atoms with van der Waals surface area (Å²) in [5.41, 5.74) is 0.597. The molecule has 0 atom stereocenters. The van der Waals surface area contributed by atoms with Crippen LogP contribution >= 0.6 is 0 Å². The molecule has 2 aromatic carbocycles. The number of carbonyl (C=O) groups excluding carboxylic acids is 3. The minimum absolute atomic E-state index is 0.186. The van der Waals surface area contributed by atoms with Gasteiger partial charge >= 0.3 is 0 Å². The first kappa shape index (κ1) is 20.4. The molecule has 3 rings (SSSR count). The molecule has 0 bridgehead atoms. The number of para-hydroxylation sites is 1. The van der Waals surface area contributed by atoms with Crippen LogP contribution in [0.15, 0.2) is 42.5 Å². The van der Waals surface area contributed by atoms with Gasteiger partial charge in [0, 0.05) is 32.1 Å². The van der Waals surface area contributed by atoms with Gasteiger partial charge in [-0.2, -0.15) is 0 Å². The first-order valence-corrected chi connectivity index (χ1v) is 9.27. The van der Waals surface area contributed by atoms with E-state index in [9.17, 15) is 23.2 Å². The number of halogens is 2. The maximum absolute atomic E-state index is 13.9. The highest BCUT2D eigenvalue weighted by Crippen LogP contribution is 2.23. The summed E-state index contributed by atoms with van der Waals surface area (Å²) in [6.45, 7) is 0.565. The van der Waals surface area contributed by atoms with Gasteiger partial charge in [-0.1, -0.05) is 12.1 Å².